The van der Waals surface area contributed by atoms with E-state index in [2.05, 4.69) is 0 Å². The van der Waals surface area contributed by atoms with Crippen molar-refractivity contribution >= 4 is 40.0 Å². The van der Waals surface area contributed by atoms with E-state index in [1.54, 1.807) is 40.8 Å². The quantitative estimate of drug-likeness (QED) is 0.188. The molecule has 0 radical (unpaired) electrons. The molecule has 0 aliphatic rings. The Labute approximate surface area is 237 Å². The number of amides is 1. The Morgan fingerprint density at radius 3 is 2.44 bits per heavy atom. The fourth-order valence-electron chi connectivity index (χ4n) is 4.60. The fourth-order valence-corrected chi connectivity index (χ4v) is 4.89. The first-order valence-electron chi connectivity index (χ1n) is 12.9. The minimum Gasteiger partial charge on any atom is -0.494 e. The Kier molecular flexibility index (Phi) is 9.62. The van der Waals surface area contributed by atoms with Crippen LogP contribution in [0.5, 0.6) is 5.75 Å². The molecule has 3 aromatic carbocycles. The van der Waals surface area contributed by atoms with Gasteiger partial charge in [0.1, 0.15) is 11.6 Å². The molecule has 1 aromatic heterocycles. The molecule has 204 valence electrons. The normalized spacial score (nSPS) is 11.9. The van der Waals surface area contributed by atoms with Crippen molar-refractivity contribution in [1.29, 1.82) is 0 Å². The van der Waals surface area contributed by atoms with E-state index in [9.17, 15) is 9.59 Å². The van der Waals surface area contributed by atoms with Crippen LogP contribution in [0.25, 0.3) is 16.6 Å². The standard InChI is InChI=1S/C30H31Cl2N3O4/c1-4-27(34(17-8-18-38-3)29(36)20-11-16-24(31)25(32)19-20)28-33-26-10-7-6-9-23(26)30(37)35(28)21-12-14-22(15-13-21)39-5-2/h6-7,9-16,19,27H,4-5,8,17-18H2,1-3H3. The van der Waals surface area contributed by atoms with Crippen LogP contribution >= 0.6 is 23.2 Å². The summed E-state index contributed by atoms with van der Waals surface area (Å²) in [6, 6.07) is 18.8. The first-order valence-corrected chi connectivity index (χ1v) is 13.6. The van der Waals surface area contributed by atoms with Gasteiger partial charge in [-0.2, -0.15) is 0 Å². The number of ether oxygens (including phenoxy) is 2. The molecule has 0 fully saturated rings. The topological polar surface area (TPSA) is 73.7 Å². The molecule has 1 unspecified atom stereocenters. The maximum atomic E-state index is 13.9. The molecular formula is C30H31Cl2N3O4. The van der Waals surface area contributed by atoms with Gasteiger partial charge in [-0.1, -0.05) is 42.3 Å². The van der Waals surface area contributed by atoms with E-state index in [0.717, 1.165) is 0 Å². The lowest BCUT2D eigenvalue weighted by molar-refractivity contribution is 0.0634. The lowest BCUT2D eigenvalue weighted by Gasteiger charge is -2.32. The molecule has 9 heteroatoms. The van der Waals surface area contributed by atoms with Gasteiger partial charge in [0.2, 0.25) is 0 Å². The second kappa shape index (κ2) is 13.1. The predicted molar refractivity (Wildman–Crippen MR) is 156 cm³/mol. The van der Waals surface area contributed by atoms with Crippen LogP contribution in [0.1, 0.15) is 48.9 Å². The number of nitrogens with zero attached hydrogens (tertiary/aromatic N) is 3. The summed E-state index contributed by atoms with van der Waals surface area (Å²) in [4.78, 5) is 34.6. The first-order chi connectivity index (χ1) is 18.9. The average Bonchev–Trinajstić information content (AvgIpc) is 2.95. The van der Waals surface area contributed by atoms with Crippen molar-refractivity contribution < 1.29 is 14.3 Å². The van der Waals surface area contributed by atoms with Crippen LogP contribution in [0, 0.1) is 0 Å². The lowest BCUT2D eigenvalue weighted by Crippen LogP contribution is -2.39. The van der Waals surface area contributed by atoms with Gasteiger partial charge in [-0.3, -0.25) is 14.2 Å². The molecule has 0 saturated heterocycles. The number of benzene rings is 3. The number of hydrogen-bond acceptors (Lipinski definition) is 5. The minimum atomic E-state index is -0.521. The van der Waals surface area contributed by atoms with Crippen LogP contribution in [0.15, 0.2) is 71.5 Å². The third-order valence-corrected chi connectivity index (χ3v) is 7.18. The highest BCUT2D eigenvalue weighted by molar-refractivity contribution is 6.42. The summed E-state index contributed by atoms with van der Waals surface area (Å²) in [6.45, 7) is 5.28. The number of halogens is 2. The molecule has 0 bridgehead atoms. The second-order valence-electron chi connectivity index (χ2n) is 8.95. The second-order valence-corrected chi connectivity index (χ2v) is 9.77. The predicted octanol–water partition coefficient (Wildman–Crippen LogP) is 6.72. The Hall–Kier alpha value is -3.39. The van der Waals surface area contributed by atoms with Crippen LogP contribution in [0.3, 0.4) is 0 Å². The highest BCUT2D eigenvalue weighted by atomic mass is 35.5. The number of rotatable bonds is 11. The molecule has 39 heavy (non-hydrogen) atoms. The van der Waals surface area contributed by atoms with E-state index in [4.69, 9.17) is 37.7 Å². The molecule has 4 rings (SSSR count). The van der Waals surface area contributed by atoms with E-state index < -0.39 is 6.04 Å². The van der Waals surface area contributed by atoms with Crippen molar-refractivity contribution in [1.82, 2.24) is 14.5 Å². The van der Waals surface area contributed by atoms with Gasteiger partial charge < -0.3 is 14.4 Å². The average molecular weight is 569 g/mol. The van der Waals surface area contributed by atoms with Gasteiger partial charge in [-0.15, -0.1) is 0 Å². The first kappa shape index (κ1) is 28.6. The third kappa shape index (κ3) is 6.27. The molecule has 0 aliphatic heterocycles. The van der Waals surface area contributed by atoms with E-state index in [1.165, 1.54) is 0 Å². The molecule has 7 nitrogen and oxygen atoms in total. The van der Waals surface area contributed by atoms with Gasteiger partial charge in [-0.25, -0.2) is 4.98 Å². The smallest absolute Gasteiger partial charge is 0.266 e. The van der Waals surface area contributed by atoms with Crippen molar-refractivity contribution in [2.24, 2.45) is 0 Å². The number of methoxy groups -OCH3 is 1. The molecule has 4 aromatic rings. The number of carbonyl (C=O) groups is 1. The molecule has 0 saturated carbocycles. The monoisotopic (exact) mass is 567 g/mol. The zero-order valence-corrected chi connectivity index (χ0v) is 23.7. The molecule has 0 aliphatic carbocycles. The highest BCUT2D eigenvalue weighted by Crippen LogP contribution is 2.30. The lowest BCUT2D eigenvalue weighted by atomic mass is 10.1. The number of aromatic nitrogens is 2. The number of carbonyl (C=O) groups excluding carboxylic acids is 1. The SMILES string of the molecule is CCOc1ccc(-n2c(C(CC)N(CCCOC)C(=O)c3ccc(Cl)c(Cl)c3)nc3ccccc3c2=O)cc1. The van der Waals surface area contributed by atoms with Crippen LogP contribution in [0.4, 0.5) is 0 Å². The summed E-state index contributed by atoms with van der Waals surface area (Å²) in [5, 5.41) is 1.15. The van der Waals surface area contributed by atoms with E-state index in [0.29, 0.717) is 76.4 Å². The summed E-state index contributed by atoms with van der Waals surface area (Å²) in [7, 11) is 1.62. The van der Waals surface area contributed by atoms with Crippen molar-refractivity contribution in [3.63, 3.8) is 0 Å². The van der Waals surface area contributed by atoms with E-state index in [1.807, 2.05) is 56.3 Å². The Morgan fingerprint density at radius 2 is 1.77 bits per heavy atom. The summed E-state index contributed by atoms with van der Waals surface area (Å²) < 4.78 is 12.5. The Morgan fingerprint density at radius 1 is 1.03 bits per heavy atom. The van der Waals surface area contributed by atoms with Crippen molar-refractivity contribution in [2.75, 3.05) is 26.9 Å². The van der Waals surface area contributed by atoms with Crippen LogP contribution in [0.2, 0.25) is 10.0 Å². The Balaban J connectivity index is 1.90. The summed E-state index contributed by atoms with van der Waals surface area (Å²) in [6.07, 6.45) is 1.11. The summed E-state index contributed by atoms with van der Waals surface area (Å²) in [5.41, 5.74) is 1.39. The number of hydrogen-bond donors (Lipinski definition) is 0. The van der Waals surface area contributed by atoms with Gasteiger partial charge in [0, 0.05) is 25.8 Å². The van der Waals surface area contributed by atoms with Crippen molar-refractivity contribution in [2.45, 2.75) is 32.7 Å². The zero-order valence-electron chi connectivity index (χ0n) is 22.2. The zero-order chi connectivity index (χ0) is 27.9. The van der Waals surface area contributed by atoms with Crippen molar-refractivity contribution in [3.8, 4) is 11.4 Å². The summed E-state index contributed by atoms with van der Waals surface area (Å²) in [5.74, 6) is 0.931. The van der Waals surface area contributed by atoms with Crippen LogP contribution < -0.4 is 10.3 Å². The highest BCUT2D eigenvalue weighted by Gasteiger charge is 2.30. The van der Waals surface area contributed by atoms with Gasteiger partial charge in [0.15, 0.2) is 0 Å². The van der Waals surface area contributed by atoms with Gasteiger partial charge >= 0.3 is 0 Å². The van der Waals surface area contributed by atoms with E-state index >= 15 is 0 Å². The molecular weight excluding hydrogens is 537 g/mol. The number of fused-ring (bicyclic) bond motifs is 1. The maximum absolute atomic E-state index is 13.9. The minimum absolute atomic E-state index is 0.211. The number of para-hydroxylation sites is 1. The molecule has 1 atom stereocenters. The molecule has 0 spiro atoms. The maximum Gasteiger partial charge on any atom is 0.266 e. The van der Waals surface area contributed by atoms with E-state index in [-0.39, 0.29) is 11.5 Å². The van der Waals surface area contributed by atoms with Gasteiger partial charge in [-0.05, 0) is 74.4 Å². The molecule has 1 heterocycles. The molecule has 1 amide bonds. The largest absolute Gasteiger partial charge is 0.494 e. The van der Waals surface area contributed by atoms with Gasteiger partial charge in [0.25, 0.3) is 11.5 Å². The fraction of sp³-hybridized carbons (Fsp3) is 0.300. The van der Waals surface area contributed by atoms with Gasteiger partial charge in [0.05, 0.1) is 39.3 Å². The van der Waals surface area contributed by atoms with Crippen LogP contribution in [-0.2, 0) is 4.74 Å². The summed E-state index contributed by atoms with van der Waals surface area (Å²) >= 11 is 12.4. The molecule has 0 N–H and O–H groups in total. The third-order valence-electron chi connectivity index (χ3n) is 6.44. The van der Waals surface area contributed by atoms with Crippen LogP contribution in [-0.4, -0.2) is 47.2 Å². The van der Waals surface area contributed by atoms with Crippen molar-refractivity contribution in [3.05, 3.63) is 98.5 Å². The Bertz CT molecular complexity index is 1500.